The zero-order valence-electron chi connectivity index (χ0n) is 12.0. The molecule has 0 radical (unpaired) electrons. The van der Waals surface area contributed by atoms with E-state index >= 15 is 0 Å². The predicted octanol–water partition coefficient (Wildman–Crippen LogP) is 1.27. The lowest BCUT2D eigenvalue weighted by Gasteiger charge is -2.36. The lowest BCUT2D eigenvalue weighted by Crippen LogP contribution is -2.44. The van der Waals surface area contributed by atoms with E-state index in [0.29, 0.717) is 12.2 Å². The molecule has 1 unspecified atom stereocenters. The summed E-state index contributed by atoms with van der Waals surface area (Å²) in [5.41, 5.74) is 6.57. The van der Waals surface area contributed by atoms with Gasteiger partial charge in [0, 0.05) is 37.8 Å². The Bertz CT molecular complexity index is 547. The molecule has 1 fully saturated rings. The molecule has 1 amide bonds. The first-order valence-corrected chi connectivity index (χ1v) is 7.05. The van der Waals surface area contributed by atoms with Crippen LogP contribution in [0.4, 0.5) is 11.4 Å². The highest BCUT2D eigenvalue weighted by atomic mass is 16.6. The molecule has 1 aromatic rings. The third-order valence-corrected chi connectivity index (χ3v) is 3.87. The molecule has 0 saturated carbocycles. The first-order chi connectivity index (χ1) is 10.1. The van der Waals surface area contributed by atoms with Gasteiger partial charge < -0.3 is 16.0 Å². The molecule has 0 bridgehead atoms. The molecule has 3 N–H and O–H groups in total. The number of nitro benzene ring substituents is 1. The van der Waals surface area contributed by atoms with Gasteiger partial charge in [-0.25, -0.2) is 0 Å². The van der Waals surface area contributed by atoms with Gasteiger partial charge in [0.15, 0.2) is 0 Å². The number of benzene rings is 1. The number of nitro groups is 1. The number of hydrogen-bond donors (Lipinski definition) is 2. The monoisotopic (exact) mass is 292 g/mol. The Morgan fingerprint density at radius 2 is 2.29 bits per heavy atom. The van der Waals surface area contributed by atoms with Crippen LogP contribution in [0.2, 0.25) is 0 Å². The maximum absolute atomic E-state index is 11.6. The smallest absolute Gasteiger partial charge is 0.293 e. The molecule has 7 nitrogen and oxygen atoms in total. The van der Waals surface area contributed by atoms with Crippen LogP contribution in [0, 0.1) is 10.1 Å². The van der Waals surface area contributed by atoms with Crippen molar-refractivity contribution >= 4 is 17.3 Å². The van der Waals surface area contributed by atoms with Gasteiger partial charge >= 0.3 is 0 Å². The highest BCUT2D eigenvalue weighted by Gasteiger charge is 2.28. The predicted molar refractivity (Wildman–Crippen MR) is 80.5 cm³/mol. The second-order valence-electron chi connectivity index (χ2n) is 5.12. The van der Waals surface area contributed by atoms with Crippen molar-refractivity contribution in [2.45, 2.75) is 25.3 Å². The van der Waals surface area contributed by atoms with Crippen molar-refractivity contribution in [1.82, 2.24) is 5.32 Å². The number of nitrogens with one attached hydrogen (secondary N) is 1. The first kappa shape index (κ1) is 15.2. The van der Waals surface area contributed by atoms with Gasteiger partial charge in [-0.05, 0) is 31.4 Å². The summed E-state index contributed by atoms with van der Waals surface area (Å²) < 4.78 is 0. The van der Waals surface area contributed by atoms with Gasteiger partial charge in [0.1, 0.15) is 5.69 Å². The molecule has 0 aliphatic carbocycles. The highest BCUT2D eigenvalue weighted by molar-refractivity contribution is 5.95. The quantitative estimate of drug-likeness (QED) is 0.643. The molecule has 114 valence electrons. The SMILES string of the molecule is CNC(=O)c1ccc(N2CCCCC2CN)c([N+](=O)[O-])c1. The maximum atomic E-state index is 11.6. The maximum Gasteiger partial charge on any atom is 0.293 e. The van der Waals surface area contributed by atoms with Crippen LogP contribution in [0.25, 0.3) is 0 Å². The summed E-state index contributed by atoms with van der Waals surface area (Å²) in [4.78, 5) is 24.5. The number of nitrogens with zero attached hydrogens (tertiary/aromatic N) is 2. The summed E-state index contributed by atoms with van der Waals surface area (Å²) in [5.74, 6) is -0.335. The molecule has 7 heteroatoms. The molecule has 0 spiro atoms. The molecule has 21 heavy (non-hydrogen) atoms. The van der Waals surface area contributed by atoms with Gasteiger partial charge in [0.2, 0.25) is 0 Å². The van der Waals surface area contributed by atoms with Gasteiger partial charge in [-0.1, -0.05) is 0 Å². The second kappa shape index (κ2) is 6.53. The lowest BCUT2D eigenvalue weighted by molar-refractivity contribution is -0.384. The highest BCUT2D eigenvalue weighted by Crippen LogP contribution is 2.33. The molecule has 1 saturated heterocycles. The van der Waals surface area contributed by atoms with Gasteiger partial charge in [0.05, 0.1) is 4.92 Å². The van der Waals surface area contributed by atoms with E-state index in [2.05, 4.69) is 5.32 Å². The fraction of sp³-hybridized carbons (Fsp3) is 0.500. The molecular formula is C14H20N4O3. The largest absolute Gasteiger partial charge is 0.362 e. The third kappa shape index (κ3) is 3.13. The van der Waals surface area contributed by atoms with E-state index in [1.165, 1.54) is 13.1 Å². The van der Waals surface area contributed by atoms with E-state index in [1.54, 1.807) is 12.1 Å². The van der Waals surface area contributed by atoms with Crippen LogP contribution >= 0.6 is 0 Å². The summed E-state index contributed by atoms with van der Waals surface area (Å²) in [5, 5.41) is 13.8. The van der Waals surface area contributed by atoms with E-state index < -0.39 is 4.92 Å². The fourth-order valence-corrected chi connectivity index (χ4v) is 2.76. The van der Waals surface area contributed by atoms with Crippen molar-refractivity contribution in [3.63, 3.8) is 0 Å². The molecule has 1 aliphatic rings. The summed E-state index contributed by atoms with van der Waals surface area (Å²) in [6.07, 6.45) is 3.01. The Morgan fingerprint density at radius 1 is 1.52 bits per heavy atom. The van der Waals surface area contributed by atoms with E-state index in [1.807, 2.05) is 4.90 Å². The standard InChI is InChI=1S/C14H20N4O3/c1-16-14(19)10-5-6-12(13(8-10)18(20)21)17-7-3-2-4-11(17)9-15/h5-6,8,11H,2-4,7,9,15H2,1H3,(H,16,19). The Hall–Kier alpha value is -2.15. The van der Waals surface area contributed by atoms with E-state index in [9.17, 15) is 14.9 Å². The van der Waals surface area contributed by atoms with Crippen LogP contribution in [0.15, 0.2) is 18.2 Å². The van der Waals surface area contributed by atoms with Crippen LogP contribution in [0.5, 0.6) is 0 Å². The summed E-state index contributed by atoms with van der Waals surface area (Å²) in [6.45, 7) is 1.22. The van der Waals surface area contributed by atoms with Gasteiger partial charge in [-0.2, -0.15) is 0 Å². The summed E-state index contributed by atoms with van der Waals surface area (Å²) >= 11 is 0. The Labute approximate surface area is 123 Å². The average molecular weight is 292 g/mol. The lowest BCUT2D eigenvalue weighted by atomic mass is 10.0. The van der Waals surface area contributed by atoms with Crippen LogP contribution in [0.3, 0.4) is 0 Å². The number of hydrogen-bond acceptors (Lipinski definition) is 5. The Kier molecular flexibility index (Phi) is 4.74. The molecule has 0 aromatic heterocycles. The summed E-state index contributed by atoms with van der Waals surface area (Å²) in [6, 6.07) is 4.71. The fourth-order valence-electron chi connectivity index (χ4n) is 2.76. The normalized spacial score (nSPS) is 18.4. The number of rotatable bonds is 4. The van der Waals surface area contributed by atoms with Crippen LogP contribution in [0.1, 0.15) is 29.6 Å². The number of carbonyl (C=O) groups excluding carboxylic acids is 1. The second-order valence-corrected chi connectivity index (χ2v) is 5.12. The molecule has 2 rings (SSSR count). The minimum absolute atomic E-state index is 0.0450. The number of nitrogens with two attached hydrogens (primary N) is 1. The zero-order valence-corrected chi connectivity index (χ0v) is 12.0. The number of amides is 1. The minimum Gasteiger partial charge on any atom is -0.362 e. The first-order valence-electron chi connectivity index (χ1n) is 7.05. The molecule has 1 atom stereocenters. The zero-order chi connectivity index (χ0) is 15.4. The average Bonchev–Trinajstić information content (AvgIpc) is 2.53. The van der Waals surface area contributed by atoms with Crippen molar-refractivity contribution in [3.8, 4) is 0 Å². The summed E-state index contributed by atoms with van der Waals surface area (Å²) in [7, 11) is 1.50. The van der Waals surface area contributed by atoms with Crippen molar-refractivity contribution in [1.29, 1.82) is 0 Å². The molecule has 1 aromatic carbocycles. The van der Waals surface area contributed by atoms with Crippen LogP contribution in [-0.4, -0.2) is 37.0 Å². The van der Waals surface area contributed by atoms with Gasteiger partial charge in [0.25, 0.3) is 11.6 Å². The third-order valence-electron chi connectivity index (χ3n) is 3.87. The van der Waals surface area contributed by atoms with E-state index in [0.717, 1.165) is 25.8 Å². The minimum atomic E-state index is -0.441. The van der Waals surface area contributed by atoms with E-state index in [4.69, 9.17) is 5.73 Å². The van der Waals surface area contributed by atoms with Crippen molar-refractivity contribution < 1.29 is 9.72 Å². The van der Waals surface area contributed by atoms with Gasteiger partial charge in [-0.15, -0.1) is 0 Å². The Morgan fingerprint density at radius 3 is 2.90 bits per heavy atom. The Balaban J connectivity index is 2.42. The topological polar surface area (TPSA) is 102 Å². The molecule has 1 aliphatic heterocycles. The number of carbonyl (C=O) groups is 1. The van der Waals surface area contributed by atoms with Crippen LogP contribution < -0.4 is 16.0 Å². The van der Waals surface area contributed by atoms with Gasteiger partial charge in [-0.3, -0.25) is 14.9 Å². The van der Waals surface area contributed by atoms with Crippen molar-refractivity contribution in [2.24, 2.45) is 5.73 Å². The van der Waals surface area contributed by atoms with Crippen molar-refractivity contribution in [3.05, 3.63) is 33.9 Å². The van der Waals surface area contributed by atoms with E-state index in [-0.39, 0.29) is 23.2 Å². The van der Waals surface area contributed by atoms with Crippen LogP contribution in [-0.2, 0) is 0 Å². The number of anilines is 1. The number of piperidine rings is 1. The van der Waals surface area contributed by atoms with Crippen molar-refractivity contribution in [2.75, 3.05) is 25.0 Å². The molecule has 1 heterocycles. The molecular weight excluding hydrogens is 272 g/mol.